The highest BCUT2D eigenvalue weighted by molar-refractivity contribution is 8.66. The standard InChI is InChI=1S/C13H9NO5S2/c15-10-14-21(18,19)20(16,17)13-9-5-4-8-12(13)11-6-2-1-3-7-11/h1-9H. The molecule has 0 fully saturated rings. The van der Waals surface area contributed by atoms with Gasteiger partial charge in [-0.15, -0.1) is 0 Å². The number of carbonyl (C=O) groups excluding carboxylic acids is 1. The first-order valence-corrected chi connectivity index (χ1v) is 9.08. The molecule has 0 atom stereocenters. The van der Waals surface area contributed by atoms with Crippen molar-refractivity contribution < 1.29 is 21.6 Å². The van der Waals surface area contributed by atoms with Crippen molar-refractivity contribution in [2.45, 2.75) is 4.90 Å². The Morgan fingerprint density at radius 1 is 0.810 bits per heavy atom. The van der Waals surface area contributed by atoms with Crippen molar-refractivity contribution >= 4 is 24.0 Å². The molecule has 8 heteroatoms. The average Bonchev–Trinajstić information content (AvgIpc) is 2.48. The molecule has 0 amide bonds. The summed E-state index contributed by atoms with van der Waals surface area (Å²) in [6.45, 7) is 0. The van der Waals surface area contributed by atoms with Crippen LogP contribution >= 0.6 is 0 Å². The molecule has 0 aliphatic heterocycles. The van der Waals surface area contributed by atoms with Gasteiger partial charge in [0.25, 0.3) is 6.08 Å². The molecular formula is C13H9NO5S2. The highest BCUT2D eigenvalue weighted by Gasteiger charge is 2.33. The normalized spacial score (nSPS) is 11.6. The minimum absolute atomic E-state index is 0.211. The Balaban J connectivity index is 2.76. The van der Waals surface area contributed by atoms with Crippen molar-refractivity contribution in [1.82, 2.24) is 0 Å². The maximum Gasteiger partial charge on any atom is 0.374 e. The quantitative estimate of drug-likeness (QED) is 0.484. The second-order valence-corrected chi connectivity index (χ2v) is 8.89. The van der Waals surface area contributed by atoms with Gasteiger partial charge in [0, 0.05) is 5.56 Å². The molecule has 2 rings (SSSR count). The van der Waals surface area contributed by atoms with Gasteiger partial charge in [-0.1, -0.05) is 52.9 Å². The Bertz CT molecular complexity index is 912. The number of rotatable bonds is 4. The predicted octanol–water partition coefficient (Wildman–Crippen LogP) is 1.71. The first kappa shape index (κ1) is 15.1. The molecule has 0 N–H and O–H groups in total. The molecule has 0 bridgehead atoms. The van der Waals surface area contributed by atoms with Crippen molar-refractivity contribution in [2.24, 2.45) is 4.40 Å². The minimum atomic E-state index is -5.02. The van der Waals surface area contributed by atoms with Gasteiger partial charge in [-0.25, -0.2) is 13.2 Å². The number of isocyanates is 1. The van der Waals surface area contributed by atoms with Crippen LogP contribution in [0.4, 0.5) is 0 Å². The Hall–Kier alpha value is -2.28. The Morgan fingerprint density at radius 3 is 2.00 bits per heavy atom. The van der Waals surface area contributed by atoms with Crippen LogP contribution in [0.25, 0.3) is 11.1 Å². The summed E-state index contributed by atoms with van der Waals surface area (Å²) in [5.41, 5.74) is 0.740. The minimum Gasteiger partial charge on any atom is -0.210 e. The summed E-state index contributed by atoms with van der Waals surface area (Å²) in [5, 5.41) is 0. The zero-order valence-corrected chi connectivity index (χ0v) is 12.1. The van der Waals surface area contributed by atoms with Crippen LogP contribution in [0, 0.1) is 0 Å². The van der Waals surface area contributed by atoms with E-state index in [2.05, 4.69) is 4.40 Å². The van der Waals surface area contributed by atoms with Crippen molar-refractivity contribution in [1.29, 1.82) is 0 Å². The van der Waals surface area contributed by atoms with E-state index in [0.29, 0.717) is 5.56 Å². The maximum atomic E-state index is 12.2. The second-order valence-electron chi connectivity index (χ2n) is 3.93. The van der Waals surface area contributed by atoms with Crippen LogP contribution in [0.2, 0.25) is 0 Å². The van der Waals surface area contributed by atoms with Gasteiger partial charge < -0.3 is 0 Å². The summed E-state index contributed by atoms with van der Waals surface area (Å²) in [7, 11) is -9.86. The van der Waals surface area contributed by atoms with Crippen molar-refractivity contribution in [3.8, 4) is 11.1 Å². The van der Waals surface area contributed by atoms with E-state index in [0.717, 1.165) is 12.1 Å². The van der Waals surface area contributed by atoms with Gasteiger partial charge >= 0.3 is 17.9 Å². The lowest BCUT2D eigenvalue weighted by Crippen LogP contribution is -2.14. The summed E-state index contributed by atoms with van der Waals surface area (Å²) in [5.74, 6) is 0. The average molecular weight is 323 g/mol. The van der Waals surface area contributed by atoms with Crippen LogP contribution < -0.4 is 0 Å². The van der Waals surface area contributed by atoms with Crippen LogP contribution in [-0.2, 0) is 22.7 Å². The van der Waals surface area contributed by atoms with Crippen LogP contribution in [-0.4, -0.2) is 22.9 Å². The van der Waals surface area contributed by atoms with Crippen LogP contribution in [0.5, 0.6) is 0 Å². The fourth-order valence-corrected chi connectivity index (χ4v) is 4.37. The fraction of sp³-hybridized carbons (Fsp3) is 0. The van der Waals surface area contributed by atoms with Crippen LogP contribution in [0.15, 0.2) is 63.9 Å². The van der Waals surface area contributed by atoms with Gasteiger partial charge in [-0.05, 0) is 11.6 Å². The smallest absolute Gasteiger partial charge is 0.210 e. The summed E-state index contributed by atoms with van der Waals surface area (Å²) >= 11 is 0. The van der Waals surface area contributed by atoms with Gasteiger partial charge in [0.2, 0.25) is 0 Å². The Morgan fingerprint density at radius 2 is 1.38 bits per heavy atom. The van der Waals surface area contributed by atoms with Crippen molar-refractivity contribution in [3.63, 3.8) is 0 Å². The third-order valence-electron chi connectivity index (χ3n) is 2.67. The lowest BCUT2D eigenvalue weighted by molar-refractivity contribution is 0.563. The molecule has 108 valence electrons. The third kappa shape index (κ3) is 2.78. The molecule has 2 aromatic rings. The summed E-state index contributed by atoms with van der Waals surface area (Å²) in [6, 6.07) is 14.0. The van der Waals surface area contributed by atoms with Crippen LogP contribution in [0.1, 0.15) is 0 Å². The van der Waals surface area contributed by atoms with Gasteiger partial charge in [-0.2, -0.15) is 8.42 Å². The largest absolute Gasteiger partial charge is 0.374 e. The molecule has 0 aromatic heterocycles. The van der Waals surface area contributed by atoms with Gasteiger partial charge in [0.15, 0.2) is 0 Å². The number of hydrogen-bond acceptors (Lipinski definition) is 5. The molecule has 0 saturated heterocycles. The monoisotopic (exact) mass is 323 g/mol. The zero-order valence-electron chi connectivity index (χ0n) is 10.5. The lowest BCUT2D eigenvalue weighted by atomic mass is 10.1. The van der Waals surface area contributed by atoms with E-state index in [1.165, 1.54) is 12.1 Å². The van der Waals surface area contributed by atoms with E-state index in [-0.39, 0.29) is 5.56 Å². The molecule has 0 spiro atoms. The SMILES string of the molecule is O=C=NS(=O)(=O)S(=O)(=O)c1ccccc1-c1ccccc1. The van der Waals surface area contributed by atoms with E-state index in [1.54, 1.807) is 36.4 Å². The Kier molecular flexibility index (Phi) is 4.04. The van der Waals surface area contributed by atoms with E-state index < -0.39 is 22.8 Å². The molecule has 6 nitrogen and oxygen atoms in total. The lowest BCUT2D eigenvalue weighted by Gasteiger charge is -2.08. The number of nitrogens with zero attached hydrogens (tertiary/aromatic N) is 1. The zero-order chi connectivity index (χ0) is 15.5. The second kappa shape index (κ2) is 5.61. The third-order valence-corrected chi connectivity index (χ3v) is 6.84. The van der Waals surface area contributed by atoms with E-state index in [4.69, 9.17) is 0 Å². The highest BCUT2D eigenvalue weighted by atomic mass is 33.2. The first-order chi connectivity index (χ1) is 9.90. The van der Waals surface area contributed by atoms with Crippen molar-refractivity contribution in [2.75, 3.05) is 0 Å². The summed E-state index contributed by atoms with van der Waals surface area (Å²) < 4.78 is 50.0. The molecule has 0 saturated carbocycles. The molecule has 0 aliphatic rings. The van der Waals surface area contributed by atoms with Crippen molar-refractivity contribution in [3.05, 3.63) is 54.6 Å². The molecule has 0 radical (unpaired) electrons. The molecular weight excluding hydrogens is 314 g/mol. The van der Waals surface area contributed by atoms with E-state index >= 15 is 0 Å². The van der Waals surface area contributed by atoms with Gasteiger partial charge in [0.1, 0.15) is 0 Å². The molecule has 21 heavy (non-hydrogen) atoms. The fourth-order valence-electron chi connectivity index (χ4n) is 1.75. The Labute approximate surface area is 121 Å². The predicted molar refractivity (Wildman–Crippen MR) is 76.1 cm³/mol. The summed E-state index contributed by atoms with van der Waals surface area (Å²) in [4.78, 5) is 9.68. The molecule has 0 aliphatic carbocycles. The topological polar surface area (TPSA) is 97.7 Å². The molecule has 0 unspecified atom stereocenters. The highest BCUT2D eigenvalue weighted by Crippen LogP contribution is 2.30. The summed E-state index contributed by atoms with van der Waals surface area (Å²) in [6.07, 6.45) is 0.751. The van der Waals surface area contributed by atoms with E-state index in [9.17, 15) is 21.6 Å². The molecule has 2 aromatic carbocycles. The number of hydrogen-bond donors (Lipinski definition) is 0. The van der Waals surface area contributed by atoms with Gasteiger partial charge in [-0.3, -0.25) is 0 Å². The van der Waals surface area contributed by atoms with Gasteiger partial charge in [0.05, 0.1) is 4.90 Å². The van der Waals surface area contributed by atoms with E-state index in [1.807, 2.05) is 0 Å². The number of benzene rings is 2. The maximum absolute atomic E-state index is 12.2. The molecule has 0 heterocycles. The van der Waals surface area contributed by atoms with Crippen LogP contribution in [0.3, 0.4) is 0 Å². The first-order valence-electron chi connectivity index (χ1n) is 5.64.